The van der Waals surface area contributed by atoms with Gasteiger partial charge in [-0.1, -0.05) is 84.0 Å². The molecule has 0 aromatic carbocycles. The Kier molecular flexibility index (Phi) is 14.5. The van der Waals surface area contributed by atoms with Gasteiger partial charge in [-0.15, -0.1) is 0 Å². The molecule has 0 bridgehead atoms. The fourth-order valence-electron chi connectivity index (χ4n) is 3.52. The van der Waals surface area contributed by atoms with Crippen LogP contribution in [0.5, 0.6) is 0 Å². The predicted molar refractivity (Wildman–Crippen MR) is 104 cm³/mol. The normalized spacial score (nSPS) is 26.3. The van der Waals surface area contributed by atoms with Gasteiger partial charge in [-0.3, -0.25) is 0 Å². The molecular formula is C21H42O5. The van der Waals surface area contributed by atoms with E-state index in [4.69, 9.17) is 14.6 Å². The van der Waals surface area contributed by atoms with Gasteiger partial charge in [0, 0.05) is 6.61 Å². The molecule has 0 unspecified atom stereocenters. The van der Waals surface area contributed by atoms with Crippen molar-refractivity contribution in [3.05, 3.63) is 0 Å². The largest absolute Gasteiger partial charge is 0.394 e. The minimum absolute atomic E-state index is 0.224. The lowest BCUT2D eigenvalue weighted by atomic mass is 10.0. The summed E-state index contributed by atoms with van der Waals surface area (Å²) < 4.78 is 10.9. The molecule has 156 valence electrons. The van der Waals surface area contributed by atoms with Crippen LogP contribution in [0.2, 0.25) is 0 Å². The average Bonchev–Trinajstić information content (AvgIpc) is 2.65. The molecule has 0 saturated carbocycles. The summed E-state index contributed by atoms with van der Waals surface area (Å²) >= 11 is 0. The number of aliphatic hydroxyl groups is 3. The van der Waals surface area contributed by atoms with Gasteiger partial charge in [0.1, 0.15) is 24.4 Å². The van der Waals surface area contributed by atoms with Gasteiger partial charge in [0.15, 0.2) is 0 Å². The van der Waals surface area contributed by atoms with E-state index in [1.165, 1.54) is 70.6 Å². The van der Waals surface area contributed by atoms with Gasteiger partial charge < -0.3 is 24.8 Å². The van der Waals surface area contributed by atoms with E-state index in [0.717, 1.165) is 12.8 Å². The summed E-state index contributed by atoms with van der Waals surface area (Å²) in [5.41, 5.74) is 0. The van der Waals surface area contributed by atoms with Crippen LogP contribution in [-0.4, -0.2) is 59.6 Å². The zero-order valence-electron chi connectivity index (χ0n) is 16.8. The van der Waals surface area contributed by atoms with Crippen molar-refractivity contribution >= 4 is 0 Å². The fourth-order valence-corrected chi connectivity index (χ4v) is 3.52. The number of ether oxygens (including phenoxy) is 2. The van der Waals surface area contributed by atoms with E-state index in [0.29, 0.717) is 6.61 Å². The second-order valence-electron chi connectivity index (χ2n) is 7.69. The summed E-state index contributed by atoms with van der Waals surface area (Å²) in [6, 6.07) is 0. The average molecular weight is 375 g/mol. The SMILES string of the molecule is CCCCCCCCCCCCCCCO[C@@H]1CO[C@@H](CO)[C@H](O)[C@H]1O. The molecule has 5 heteroatoms. The molecule has 1 aliphatic heterocycles. The Morgan fingerprint density at radius 2 is 1.27 bits per heavy atom. The summed E-state index contributed by atoms with van der Waals surface area (Å²) in [4.78, 5) is 0. The van der Waals surface area contributed by atoms with Crippen LogP contribution in [0.3, 0.4) is 0 Å². The third-order valence-corrected chi connectivity index (χ3v) is 5.35. The maximum absolute atomic E-state index is 9.98. The van der Waals surface area contributed by atoms with Crippen LogP contribution in [0.25, 0.3) is 0 Å². The van der Waals surface area contributed by atoms with Crippen molar-refractivity contribution in [2.24, 2.45) is 0 Å². The van der Waals surface area contributed by atoms with Gasteiger partial charge in [0.05, 0.1) is 13.2 Å². The third-order valence-electron chi connectivity index (χ3n) is 5.35. The van der Waals surface area contributed by atoms with Crippen molar-refractivity contribution in [1.29, 1.82) is 0 Å². The van der Waals surface area contributed by atoms with Crippen LogP contribution in [-0.2, 0) is 9.47 Å². The monoisotopic (exact) mass is 374 g/mol. The molecule has 1 fully saturated rings. The van der Waals surface area contributed by atoms with Crippen LogP contribution >= 0.6 is 0 Å². The van der Waals surface area contributed by atoms with E-state index in [1.54, 1.807) is 0 Å². The first-order chi connectivity index (χ1) is 12.7. The first kappa shape index (κ1) is 23.8. The standard InChI is InChI=1S/C21H42O5/c1-2-3-4-5-6-7-8-9-10-11-12-13-14-15-25-19-17-26-18(16-22)20(23)21(19)24/h18-24H,2-17H2,1H3/t18-,19+,20-,21-/m0/s1. The summed E-state index contributed by atoms with van der Waals surface area (Å²) in [7, 11) is 0. The highest BCUT2D eigenvalue weighted by atomic mass is 16.6. The Labute approximate surface area is 160 Å². The van der Waals surface area contributed by atoms with Crippen LogP contribution in [0.15, 0.2) is 0 Å². The van der Waals surface area contributed by atoms with Crippen LogP contribution in [0.4, 0.5) is 0 Å². The molecule has 1 saturated heterocycles. The Bertz CT molecular complexity index is 313. The van der Waals surface area contributed by atoms with Crippen molar-refractivity contribution in [3.63, 3.8) is 0 Å². The molecule has 26 heavy (non-hydrogen) atoms. The minimum Gasteiger partial charge on any atom is -0.394 e. The Balaban J connectivity index is 1.85. The zero-order valence-corrected chi connectivity index (χ0v) is 16.8. The molecule has 0 amide bonds. The molecule has 1 aliphatic rings. The molecule has 3 N–H and O–H groups in total. The highest BCUT2D eigenvalue weighted by molar-refractivity contribution is 4.87. The topological polar surface area (TPSA) is 79.2 Å². The zero-order chi connectivity index (χ0) is 19.0. The molecule has 1 rings (SSSR count). The van der Waals surface area contributed by atoms with Crippen molar-refractivity contribution < 1.29 is 24.8 Å². The smallest absolute Gasteiger partial charge is 0.111 e. The fraction of sp³-hybridized carbons (Fsp3) is 1.00. The highest BCUT2D eigenvalue weighted by Crippen LogP contribution is 2.18. The molecular weight excluding hydrogens is 332 g/mol. The first-order valence-electron chi connectivity index (χ1n) is 10.9. The van der Waals surface area contributed by atoms with Gasteiger partial charge in [-0.05, 0) is 6.42 Å². The summed E-state index contributed by atoms with van der Waals surface area (Å²) in [6.45, 7) is 2.78. The second-order valence-corrected chi connectivity index (χ2v) is 7.69. The number of aliphatic hydroxyl groups excluding tert-OH is 3. The van der Waals surface area contributed by atoms with Gasteiger partial charge in [-0.2, -0.15) is 0 Å². The molecule has 0 aromatic rings. The second kappa shape index (κ2) is 15.8. The van der Waals surface area contributed by atoms with Crippen molar-refractivity contribution in [2.45, 2.75) is 115 Å². The molecule has 4 atom stereocenters. The van der Waals surface area contributed by atoms with Crippen LogP contribution < -0.4 is 0 Å². The summed E-state index contributed by atoms with van der Waals surface area (Å²) in [6.07, 6.45) is 13.8. The molecule has 0 radical (unpaired) electrons. The van der Waals surface area contributed by atoms with E-state index in [9.17, 15) is 10.2 Å². The summed E-state index contributed by atoms with van der Waals surface area (Å²) in [5.74, 6) is 0. The maximum atomic E-state index is 9.98. The third kappa shape index (κ3) is 10.2. The van der Waals surface area contributed by atoms with Gasteiger partial charge in [0.25, 0.3) is 0 Å². The lowest BCUT2D eigenvalue weighted by Crippen LogP contribution is -2.55. The minimum atomic E-state index is -1.08. The number of hydrogen-bond acceptors (Lipinski definition) is 5. The van der Waals surface area contributed by atoms with E-state index in [1.807, 2.05) is 0 Å². The molecule has 0 aliphatic carbocycles. The van der Waals surface area contributed by atoms with Crippen molar-refractivity contribution in [3.8, 4) is 0 Å². The highest BCUT2D eigenvalue weighted by Gasteiger charge is 2.38. The van der Waals surface area contributed by atoms with E-state index in [2.05, 4.69) is 6.92 Å². The maximum Gasteiger partial charge on any atom is 0.111 e. The van der Waals surface area contributed by atoms with Gasteiger partial charge in [-0.25, -0.2) is 0 Å². The lowest BCUT2D eigenvalue weighted by molar-refractivity contribution is -0.208. The number of hydrogen-bond donors (Lipinski definition) is 3. The predicted octanol–water partition coefficient (Wildman–Crippen LogP) is 3.58. The van der Waals surface area contributed by atoms with E-state index in [-0.39, 0.29) is 13.2 Å². The quantitative estimate of drug-likeness (QED) is 0.360. The Morgan fingerprint density at radius 1 is 0.769 bits per heavy atom. The first-order valence-corrected chi connectivity index (χ1v) is 10.9. The van der Waals surface area contributed by atoms with Crippen LogP contribution in [0, 0.1) is 0 Å². The van der Waals surface area contributed by atoms with Crippen molar-refractivity contribution in [2.75, 3.05) is 19.8 Å². The van der Waals surface area contributed by atoms with Gasteiger partial charge in [0.2, 0.25) is 0 Å². The Hall–Kier alpha value is -0.200. The molecule has 5 nitrogen and oxygen atoms in total. The van der Waals surface area contributed by atoms with Gasteiger partial charge >= 0.3 is 0 Å². The number of rotatable bonds is 16. The van der Waals surface area contributed by atoms with Crippen molar-refractivity contribution in [1.82, 2.24) is 0 Å². The summed E-state index contributed by atoms with van der Waals surface area (Å²) in [5, 5.41) is 28.8. The lowest BCUT2D eigenvalue weighted by Gasteiger charge is -2.36. The van der Waals surface area contributed by atoms with E-state index >= 15 is 0 Å². The molecule has 1 heterocycles. The number of unbranched alkanes of at least 4 members (excludes halogenated alkanes) is 12. The van der Waals surface area contributed by atoms with Crippen LogP contribution in [0.1, 0.15) is 90.4 Å². The van der Waals surface area contributed by atoms with E-state index < -0.39 is 24.4 Å². The molecule has 0 aromatic heterocycles. The molecule has 0 spiro atoms. The Morgan fingerprint density at radius 3 is 1.77 bits per heavy atom.